The predicted molar refractivity (Wildman–Crippen MR) is 97.0 cm³/mol. The van der Waals surface area contributed by atoms with Crippen LogP contribution in [0.15, 0.2) is 35.2 Å². The monoisotopic (exact) mass is 425 g/mol. The van der Waals surface area contributed by atoms with E-state index in [2.05, 4.69) is 20.2 Å². The molecular formula is C19H16F5N5O. The van der Waals surface area contributed by atoms with Crippen molar-refractivity contribution < 1.29 is 26.4 Å². The lowest BCUT2D eigenvalue weighted by atomic mass is 9.88. The Morgan fingerprint density at radius 2 is 1.77 bits per heavy atom. The van der Waals surface area contributed by atoms with Gasteiger partial charge in [0, 0.05) is 11.6 Å². The zero-order chi connectivity index (χ0) is 21.8. The number of nitrogens with zero attached hydrogens (tertiary/aromatic N) is 5. The molecule has 0 bridgehead atoms. The number of hydrogen-bond acceptors (Lipinski definition) is 5. The fourth-order valence-corrected chi connectivity index (χ4v) is 3.18. The van der Waals surface area contributed by atoms with Crippen molar-refractivity contribution in [2.45, 2.75) is 38.8 Å². The van der Waals surface area contributed by atoms with Crippen molar-refractivity contribution in [3.05, 3.63) is 42.0 Å². The van der Waals surface area contributed by atoms with Crippen molar-refractivity contribution >= 4 is 16.7 Å². The third-order valence-electron chi connectivity index (χ3n) is 5.18. The summed E-state index contributed by atoms with van der Waals surface area (Å²) in [5, 5.41) is 7.75. The normalized spacial score (nSPS) is 14.2. The van der Waals surface area contributed by atoms with Gasteiger partial charge in [0.25, 0.3) is 5.89 Å². The average molecular weight is 425 g/mol. The molecular weight excluding hydrogens is 409 g/mol. The van der Waals surface area contributed by atoms with Gasteiger partial charge in [0.1, 0.15) is 22.7 Å². The Morgan fingerprint density at radius 3 is 2.37 bits per heavy atom. The Morgan fingerprint density at radius 1 is 1.03 bits per heavy atom. The maximum Gasteiger partial charge on any atom is 0.459 e. The third-order valence-corrected chi connectivity index (χ3v) is 5.18. The molecule has 0 aliphatic carbocycles. The highest BCUT2D eigenvalue weighted by molar-refractivity contribution is 5.83. The first-order valence-corrected chi connectivity index (χ1v) is 9.05. The Kier molecular flexibility index (Phi) is 4.51. The summed E-state index contributed by atoms with van der Waals surface area (Å²) in [6, 6.07) is 4.09. The van der Waals surface area contributed by atoms with Crippen LogP contribution in [0.1, 0.15) is 37.9 Å². The number of pyridine rings is 2. The highest BCUT2D eigenvalue weighted by atomic mass is 19.4. The maximum absolute atomic E-state index is 14.2. The summed E-state index contributed by atoms with van der Waals surface area (Å²) < 4.78 is 74.1. The van der Waals surface area contributed by atoms with Crippen LogP contribution in [0.2, 0.25) is 0 Å². The summed E-state index contributed by atoms with van der Waals surface area (Å²) in [4.78, 5) is 8.00. The molecule has 4 aromatic heterocycles. The van der Waals surface area contributed by atoms with E-state index in [-0.39, 0.29) is 29.1 Å². The predicted octanol–water partition coefficient (Wildman–Crippen LogP) is 5.35. The Hall–Kier alpha value is -3.11. The van der Waals surface area contributed by atoms with Gasteiger partial charge >= 0.3 is 12.1 Å². The van der Waals surface area contributed by atoms with Crippen molar-refractivity contribution in [2.75, 3.05) is 0 Å². The second-order valence-electron chi connectivity index (χ2n) is 7.37. The van der Waals surface area contributed by atoms with E-state index < -0.39 is 17.8 Å². The molecule has 4 heterocycles. The van der Waals surface area contributed by atoms with E-state index in [1.165, 1.54) is 10.6 Å². The van der Waals surface area contributed by atoms with Crippen LogP contribution in [0, 0.1) is 5.92 Å². The first-order valence-electron chi connectivity index (χ1n) is 9.05. The zero-order valence-corrected chi connectivity index (χ0v) is 16.1. The van der Waals surface area contributed by atoms with Crippen LogP contribution < -0.4 is 0 Å². The molecule has 4 rings (SSSR count). The molecule has 11 heteroatoms. The second kappa shape index (κ2) is 6.71. The first-order chi connectivity index (χ1) is 14.0. The molecule has 0 aliphatic heterocycles. The molecule has 0 amide bonds. The topological polar surface area (TPSA) is 69.1 Å². The van der Waals surface area contributed by atoms with Crippen LogP contribution >= 0.6 is 0 Å². The molecule has 0 fully saturated rings. The van der Waals surface area contributed by atoms with Gasteiger partial charge < -0.3 is 4.42 Å². The lowest BCUT2D eigenvalue weighted by molar-refractivity contribution is -0.290. The largest absolute Gasteiger partial charge is 0.459 e. The van der Waals surface area contributed by atoms with Gasteiger partial charge in [-0.1, -0.05) is 20.8 Å². The minimum atomic E-state index is -5.77. The molecule has 1 unspecified atom stereocenters. The SMILES string of the molecule is CC(C)C(C)c1cc(C(F)(F)C(F)(F)F)nc2c1ccc1nc(-c3nnco3)cn12. The number of halogens is 5. The molecule has 4 aromatic rings. The van der Waals surface area contributed by atoms with Gasteiger partial charge in [-0.15, -0.1) is 10.2 Å². The molecule has 0 saturated carbocycles. The summed E-state index contributed by atoms with van der Waals surface area (Å²) in [5.74, 6) is -5.32. The van der Waals surface area contributed by atoms with Crippen molar-refractivity contribution in [3.8, 4) is 11.6 Å². The number of aromatic nitrogens is 5. The molecule has 0 saturated heterocycles. The van der Waals surface area contributed by atoms with E-state index >= 15 is 0 Å². The number of fused-ring (bicyclic) bond motifs is 3. The lowest BCUT2D eigenvalue weighted by Crippen LogP contribution is -2.34. The van der Waals surface area contributed by atoms with E-state index in [1.807, 2.05) is 13.8 Å². The molecule has 0 N–H and O–H groups in total. The first kappa shape index (κ1) is 20.2. The number of imidazole rings is 1. The Labute approximate surface area is 166 Å². The van der Waals surface area contributed by atoms with Crippen LogP contribution in [0.25, 0.3) is 28.3 Å². The Balaban J connectivity index is 2.05. The highest BCUT2D eigenvalue weighted by Gasteiger charge is 2.60. The van der Waals surface area contributed by atoms with Crippen molar-refractivity contribution in [2.24, 2.45) is 5.92 Å². The third kappa shape index (κ3) is 3.08. The van der Waals surface area contributed by atoms with Gasteiger partial charge in [0.2, 0.25) is 6.39 Å². The summed E-state index contributed by atoms with van der Waals surface area (Å²) in [6.45, 7) is 5.50. The second-order valence-corrected chi connectivity index (χ2v) is 7.37. The molecule has 1 atom stereocenters. The maximum atomic E-state index is 14.2. The number of hydrogen-bond donors (Lipinski definition) is 0. The molecule has 30 heavy (non-hydrogen) atoms. The molecule has 0 aliphatic rings. The Bertz CT molecular complexity index is 1210. The average Bonchev–Trinajstić information content (AvgIpc) is 3.34. The van der Waals surface area contributed by atoms with Crippen molar-refractivity contribution in [1.82, 2.24) is 24.6 Å². The van der Waals surface area contributed by atoms with Crippen LogP contribution in [0.5, 0.6) is 0 Å². The van der Waals surface area contributed by atoms with Gasteiger partial charge in [-0.05, 0) is 35.6 Å². The molecule has 6 nitrogen and oxygen atoms in total. The van der Waals surface area contributed by atoms with Gasteiger partial charge in [-0.3, -0.25) is 4.40 Å². The van der Waals surface area contributed by atoms with Crippen molar-refractivity contribution in [1.29, 1.82) is 0 Å². The van der Waals surface area contributed by atoms with Crippen LogP contribution in [0.3, 0.4) is 0 Å². The summed E-state index contributed by atoms with van der Waals surface area (Å²) in [7, 11) is 0. The molecule has 158 valence electrons. The van der Waals surface area contributed by atoms with Crippen LogP contribution in [-0.2, 0) is 5.92 Å². The van der Waals surface area contributed by atoms with E-state index in [9.17, 15) is 22.0 Å². The highest BCUT2D eigenvalue weighted by Crippen LogP contribution is 2.45. The summed E-state index contributed by atoms with van der Waals surface area (Å²) in [5.41, 5.74) is -0.531. The van der Waals surface area contributed by atoms with Crippen LogP contribution in [0.4, 0.5) is 22.0 Å². The smallest absolute Gasteiger partial charge is 0.422 e. The van der Waals surface area contributed by atoms with Gasteiger partial charge in [-0.25, -0.2) is 9.97 Å². The zero-order valence-electron chi connectivity index (χ0n) is 16.1. The number of alkyl halides is 5. The summed E-state index contributed by atoms with van der Waals surface area (Å²) >= 11 is 0. The van der Waals surface area contributed by atoms with Crippen LogP contribution in [-0.4, -0.2) is 30.7 Å². The van der Waals surface area contributed by atoms with E-state index in [0.717, 1.165) is 12.5 Å². The van der Waals surface area contributed by atoms with Gasteiger partial charge in [0.05, 0.1) is 0 Å². The molecule has 0 radical (unpaired) electrons. The van der Waals surface area contributed by atoms with Crippen molar-refractivity contribution in [3.63, 3.8) is 0 Å². The molecule has 0 aromatic carbocycles. The fraction of sp³-hybridized carbons (Fsp3) is 0.368. The minimum absolute atomic E-state index is 0.00426. The number of rotatable bonds is 4. The fourth-order valence-electron chi connectivity index (χ4n) is 3.18. The standard InChI is InChI=1S/C19H16F5N5O/c1-9(2)10(3)12-6-14(18(20,21)19(22,23)24)27-16-11(12)4-5-15-26-13(7-29(15)16)17-28-25-8-30-17/h4-10H,1-3H3. The van der Waals surface area contributed by atoms with Gasteiger partial charge in [-0.2, -0.15) is 22.0 Å². The lowest BCUT2D eigenvalue weighted by Gasteiger charge is -2.23. The van der Waals surface area contributed by atoms with E-state index in [4.69, 9.17) is 4.42 Å². The van der Waals surface area contributed by atoms with E-state index in [0.29, 0.717) is 16.6 Å². The van der Waals surface area contributed by atoms with Gasteiger partial charge in [0.15, 0.2) is 0 Å². The van der Waals surface area contributed by atoms with E-state index in [1.54, 1.807) is 19.1 Å². The minimum Gasteiger partial charge on any atom is -0.422 e. The quantitative estimate of drug-likeness (QED) is 0.413. The molecule has 0 spiro atoms. The summed E-state index contributed by atoms with van der Waals surface area (Å²) in [6.07, 6.45) is -3.26.